The Labute approximate surface area is 237 Å². The van der Waals surface area contributed by atoms with Gasteiger partial charge in [-0.2, -0.15) is 0 Å². The number of carbonyl (C=O) groups excluding carboxylic acids is 2. The molecule has 38 heavy (non-hydrogen) atoms. The van der Waals surface area contributed by atoms with Crippen LogP contribution >= 0.6 is 0 Å². The minimum Gasteiger partial charge on any atom is -0.468 e. The molecule has 0 fully saturated rings. The number of unbranched alkanes of at least 4 members (excludes halogenated alkanes) is 26. The second-order valence-corrected chi connectivity index (χ2v) is 11.5. The van der Waals surface area contributed by atoms with E-state index >= 15 is 0 Å². The molecule has 0 aromatic heterocycles. The van der Waals surface area contributed by atoms with E-state index in [1.165, 1.54) is 161 Å². The lowest BCUT2D eigenvalue weighted by molar-refractivity contribution is -0.143. The Morgan fingerprint density at radius 2 is 0.763 bits per heavy atom. The van der Waals surface area contributed by atoms with Crippen molar-refractivity contribution in [2.24, 2.45) is 0 Å². The molecule has 0 aromatic carbocycles. The van der Waals surface area contributed by atoms with Gasteiger partial charge in [0.05, 0.1) is 13.2 Å². The number of carbonyl (C=O) groups is 2. The van der Waals surface area contributed by atoms with E-state index in [1.54, 1.807) is 0 Å². The Balaban J connectivity index is 3.14. The van der Waals surface area contributed by atoms with Gasteiger partial charge in [-0.3, -0.25) is 9.59 Å². The van der Waals surface area contributed by atoms with E-state index in [9.17, 15) is 9.59 Å². The highest BCUT2D eigenvalue weighted by atomic mass is 16.5. The average molecular weight is 539 g/mol. The fraction of sp³-hybridized carbons (Fsp3) is 0.941. The first-order chi connectivity index (χ1) is 18.8. The molecule has 226 valence electrons. The van der Waals surface area contributed by atoms with Crippen LogP contribution in [0.3, 0.4) is 0 Å². The summed E-state index contributed by atoms with van der Waals surface area (Å²) in [5, 5.41) is 0. The maximum atomic E-state index is 11.9. The number of ether oxygens (including phenoxy) is 2. The highest BCUT2D eigenvalue weighted by Gasteiger charge is 2.03. The molecule has 0 amide bonds. The number of rotatable bonds is 33. The maximum Gasteiger partial charge on any atom is 0.305 e. The van der Waals surface area contributed by atoms with Gasteiger partial charge in [-0.05, 0) is 19.3 Å². The normalized spacial score (nSPS) is 11.1. The van der Waals surface area contributed by atoms with Gasteiger partial charge in [-0.25, -0.2) is 0 Å². The summed E-state index contributed by atoms with van der Waals surface area (Å²) in [7, 11) is 0. The molecule has 0 atom stereocenters. The highest BCUT2D eigenvalue weighted by molar-refractivity contribution is 5.69. The number of hydrogen-bond acceptors (Lipinski definition) is 4. The number of hydrogen-bond donors (Lipinski definition) is 0. The van der Waals surface area contributed by atoms with Gasteiger partial charge in [-0.15, -0.1) is 0 Å². The molecule has 0 aliphatic heterocycles. The van der Waals surface area contributed by atoms with Crippen LogP contribution in [0.1, 0.15) is 193 Å². The fourth-order valence-corrected chi connectivity index (χ4v) is 5.18. The molecular formula is C34H66O4. The summed E-state index contributed by atoms with van der Waals surface area (Å²) in [6.07, 6.45) is 37.1. The Morgan fingerprint density at radius 3 is 1.13 bits per heavy atom. The monoisotopic (exact) mass is 538 g/mol. The summed E-state index contributed by atoms with van der Waals surface area (Å²) in [5.74, 6) is 0.00832. The van der Waals surface area contributed by atoms with E-state index in [-0.39, 0.29) is 5.97 Å². The predicted octanol–water partition coefficient (Wildman–Crippen LogP) is 11.0. The molecule has 0 bridgehead atoms. The van der Waals surface area contributed by atoms with E-state index in [0.717, 1.165) is 19.3 Å². The first kappa shape index (κ1) is 36.9. The van der Waals surface area contributed by atoms with E-state index < -0.39 is 0 Å². The molecule has 0 unspecified atom stereocenters. The van der Waals surface area contributed by atoms with Crippen LogP contribution < -0.4 is 0 Å². The van der Waals surface area contributed by atoms with Crippen molar-refractivity contribution in [1.29, 1.82) is 0 Å². The lowest BCUT2D eigenvalue weighted by Crippen LogP contribution is -2.05. The summed E-state index contributed by atoms with van der Waals surface area (Å²) < 4.78 is 10.1. The Hall–Kier alpha value is -1.06. The smallest absolute Gasteiger partial charge is 0.305 e. The summed E-state index contributed by atoms with van der Waals surface area (Å²) in [6.45, 7) is 4.01. The molecule has 0 rings (SSSR count). The molecule has 0 aromatic rings. The molecule has 4 nitrogen and oxygen atoms in total. The van der Waals surface area contributed by atoms with Crippen LogP contribution in [0.15, 0.2) is 0 Å². The summed E-state index contributed by atoms with van der Waals surface area (Å²) in [6, 6.07) is 0. The third kappa shape index (κ3) is 33.0. The standard InChI is InChI=1S/C34H66O4/c1-2-3-4-5-6-7-8-9-10-12-15-18-21-24-27-30-34(36)38-32-29-26-23-20-17-14-11-13-16-19-22-25-28-31-37-33-35/h33H,2-32H2,1H3. The molecule has 0 N–H and O–H groups in total. The van der Waals surface area contributed by atoms with Crippen LogP contribution in [0.4, 0.5) is 0 Å². The zero-order valence-corrected chi connectivity index (χ0v) is 25.6. The quantitative estimate of drug-likeness (QED) is 0.0473. The van der Waals surface area contributed by atoms with Crippen molar-refractivity contribution >= 4 is 12.4 Å². The van der Waals surface area contributed by atoms with Gasteiger partial charge in [0.25, 0.3) is 6.47 Å². The predicted molar refractivity (Wildman–Crippen MR) is 163 cm³/mol. The molecule has 0 saturated heterocycles. The molecule has 0 spiro atoms. The molecule has 0 aliphatic rings. The van der Waals surface area contributed by atoms with Crippen LogP contribution in [0.25, 0.3) is 0 Å². The van der Waals surface area contributed by atoms with E-state index in [2.05, 4.69) is 6.92 Å². The minimum absolute atomic E-state index is 0.00832. The topological polar surface area (TPSA) is 52.6 Å². The van der Waals surface area contributed by atoms with Gasteiger partial charge in [0.1, 0.15) is 0 Å². The van der Waals surface area contributed by atoms with Crippen molar-refractivity contribution in [2.45, 2.75) is 193 Å². The lowest BCUT2D eigenvalue weighted by Gasteiger charge is -2.06. The lowest BCUT2D eigenvalue weighted by atomic mass is 10.0. The van der Waals surface area contributed by atoms with E-state index in [4.69, 9.17) is 9.47 Å². The van der Waals surface area contributed by atoms with Gasteiger partial charge >= 0.3 is 5.97 Å². The van der Waals surface area contributed by atoms with Crippen LogP contribution in [-0.4, -0.2) is 25.7 Å². The van der Waals surface area contributed by atoms with E-state index in [0.29, 0.717) is 26.1 Å². The molecule has 0 heterocycles. The van der Waals surface area contributed by atoms with Crippen LogP contribution in [0.2, 0.25) is 0 Å². The Morgan fingerprint density at radius 1 is 0.447 bits per heavy atom. The number of esters is 1. The third-order valence-electron chi connectivity index (χ3n) is 7.72. The first-order valence-corrected chi connectivity index (χ1v) is 17.0. The van der Waals surface area contributed by atoms with Crippen LogP contribution in [0, 0.1) is 0 Å². The van der Waals surface area contributed by atoms with Crippen molar-refractivity contribution in [3.63, 3.8) is 0 Å². The van der Waals surface area contributed by atoms with Gasteiger partial charge < -0.3 is 9.47 Å². The Bertz CT molecular complexity index is 465. The van der Waals surface area contributed by atoms with Gasteiger partial charge in [0.15, 0.2) is 0 Å². The molecule has 0 radical (unpaired) electrons. The second kappa shape index (κ2) is 34.0. The highest BCUT2D eigenvalue weighted by Crippen LogP contribution is 2.15. The summed E-state index contributed by atoms with van der Waals surface area (Å²) in [4.78, 5) is 21.9. The maximum absolute atomic E-state index is 11.9. The molecule has 0 saturated carbocycles. The zero-order valence-electron chi connectivity index (χ0n) is 25.6. The third-order valence-corrected chi connectivity index (χ3v) is 7.72. The van der Waals surface area contributed by atoms with Gasteiger partial charge in [0.2, 0.25) is 0 Å². The molecule has 4 heteroatoms. The van der Waals surface area contributed by atoms with Gasteiger partial charge in [0, 0.05) is 6.42 Å². The first-order valence-electron chi connectivity index (χ1n) is 17.0. The SMILES string of the molecule is CCCCCCCCCCCCCCCCCC(=O)OCCCCCCCCCCCCCCCOC=O. The van der Waals surface area contributed by atoms with Crippen molar-refractivity contribution in [3.05, 3.63) is 0 Å². The largest absolute Gasteiger partial charge is 0.468 e. The molecular weight excluding hydrogens is 472 g/mol. The fourth-order valence-electron chi connectivity index (χ4n) is 5.18. The van der Waals surface area contributed by atoms with Crippen molar-refractivity contribution in [2.75, 3.05) is 13.2 Å². The van der Waals surface area contributed by atoms with Crippen LogP contribution in [0.5, 0.6) is 0 Å². The van der Waals surface area contributed by atoms with E-state index in [1.807, 2.05) is 0 Å². The van der Waals surface area contributed by atoms with Crippen LogP contribution in [-0.2, 0) is 19.1 Å². The second-order valence-electron chi connectivity index (χ2n) is 11.5. The Kier molecular flexibility index (Phi) is 33.0. The zero-order chi connectivity index (χ0) is 27.6. The van der Waals surface area contributed by atoms with Crippen molar-refractivity contribution in [3.8, 4) is 0 Å². The summed E-state index contributed by atoms with van der Waals surface area (Å²) in [5.41, 5.74) is 0. The summed E-state index contributed by atoms with van der Waals surface area (Å²) >= 11 is 0. The van der Waals surface area contributed by atoms with Crippen molar-refractivity contribution < 1.29 is 19.1 Å². The average Bonchev–Trinajstić information content (AvgIpc) is 2.92. The van der Waals surface area contributed by atoms with Crippen molar-refractivity contribution in [1.82, 2.24) is 0 Å². The van der Waals surface area contributed by atoms with Gasteiger partial charge in [-0.1, -0.05) is 167 Å². The molecule has 0 aliphatic carbocycles. The minimum atomic E-state index is 0.00832.